The van der Waals surface area contributed by atoms with Gasteiger partial charge >= 0.3 is 0 Å². The molecule has 0 spiro atoms. The first kappa shape index (κ1) is 18.6. The number of carbonyl (C=O) groups is 1. The number of benzene rings is 1. The molecule has 1 saturated carbocycles. The largest absolute Gasteiger partial charge is 0.378 e. The number of ether oxygens (including phenoxy) is 1. The van der Waals surface area contributed by atoms with Crippen LogP contribution in [0.1, 0.15) is 54.6 Å². The number of carbonyl (C=O) groups excluding carboxylic acids is 1. The highest BCUT2D eigenvalue weighted by Crippen LogP contribution is 2.20. The summed E-state index contributed by atoms with van der Waals surface area (Å²) in [6, 6.07) is 6.38. The number of aromatic nitrogens is 2. The van der Waals surface area contributed by atoms with Gasteiger partial charge in [-0.2, -0.15) is 5.10 Å². The van der Waals surface area contributed by atoms with Gasteiger partial charge in [0.2, 0.25) is 0 Å². The SMILES string of the molecule is Cc1c(C(=O)NCCCOC2CCCCC2)cnn1-c1ccccc1F. The van der Waals surface area contributed by atoms with E-state index in [4.69, 9.17) is 4.74 Å². The molecule has 0 saturated heterocycles. The third-order valence-corrected chi connectivity index (χ3v) is 4.85. The average Bonchev–Trinajstić information content (AvgIpc) is 3.04. The molecule has 1 heterocycles. The molecule has 0 atom stereocenters. The number of rotatable bonds is 7. The molecule has 1 N–H and O–H groups in total. The summed E-state index contributed by atoms with van der Waals surface area (Å²) in [6.45, 7) is 2.98. The Morgan fingerprint density at radius 2 is 2.08 bits per heavy atom. The monoisotopic (exact) mass is 359 g/mol. The van der Waals surface area contributed by atoms with Crippen LogP contribution >= 0.6 is 0 Å². The van der Waals surface area contributed by atoms with Crippen LogP contribution in [0.15, 0.2) is 30.5 Å². The van der Waals surface area contributed by atoms with Crippen LogP contribution in [0.4, 0.5) is 4.39 Å². The Balaban J connectivity index is 1.48. The van der Waals surface area contributed by atoms with Crippen molar-refractivity contribution in [2.45, 2.75) is 51.6 Å². The molecule has 2 aromatic rings. The van der Waals surface area contributed by atoms with Gasteiger partial charge in [-0.3, -0.25) is 4.79 Å². The first-order valence-electron chi connectivity index (χ1n) is 9.36. The van der Waals surface area contributed by atoms with Crippen molar-refractivity contribution < 1.29 is 13.9 Å². The summed E-state index contributed by atoms with van der Waals surface area (Å²) in [6.07, 6.45) is 8.79. The minimum atomic E-state index is -0.370. The Bertz CT molecular complexity index is 738. The number of nitrogens with zero attached hydrogens (tertiary/aromatic N) is 2. The molecule has 1 aromatic carbocycles. The first-order valence-corrected chi connectivity index (χ1v) is 9.36. The molecular formula is C20H26FN3O2. The zero-order valence-electron chi connectivity index (χ0n) is 15.2. The number of halogens is 1. The van der Waals surface area contributed by atoms with Crippen molar-refractivity contribution >= 4 is 5.91 Å². The van der Waals surface area contributed by atoms with Gasteiger partial charge in [-0.05, 0) is 38.3 Å². The van der Waals surface area contributed by atoms with E-state index in [1.165, 1.54) is 36.2 Å². The van der Waals surface area contributed by atoms with Crippen LogP contribution in [0.3, 0.4) is 0 Å². The number of hydrogen-bond acceptors (Lipinski definition) is 3. The van der Waals surface area contributed by atoms with Gasteiger partial charge in [-0.15, -0.1) is 0 Å². The van der Waals surface area contributed by atoms with Gasteiger partial charge < -0.3 is 10.1 Å². The Labute approximate surface area is 153 Å². The molecule has 1 fully saturated rings. The summed E-state index contributed by atoms with van der Waals surface area (Å²) in [5.41, 5.74) is 1.41. The van der Waals surface area contributed by atoms with Crippen LogP contribution in [0.5, 0.6) is 0 Å². The molecule has 5 nitrogen and oxygen atoms in total. The van der Waals surface area contributed by atoms with Gasteiger partial charge in [-0.25, -0.2) is 9.07 Å². The van der Waals surface area contributed by atoms with Crippen LogP contribution in [-0.4, -0.2) is 34.9 Å². The van der Waals surface area contributed by atoms with E-state index >= 15 is 0 Å². The first-order chi connectivity index (χ1) is 12.7. The fourth-order valence-corrected chi connectivity index (χ4v) is 3.35. The van der Waals surface area contributed by atoms with E-state index in [-0.39, 0.29) is 11.7 Å². The van der Waals surface area contributed by atoms with E-state index in [1.807, 2.05) is 0 Å². The molecule has 0 bridgehead atoms. The van der Waals surface area contributed by atoms with Crippen LogP contribution < -0.4 is 5.32 Å². The summed E-state index contributed by atoms with van der Waals surface area (Å²) in [5, 5.41) is 7.06. The van der Waals surface area contributed by atoms with Crippen molar-refractivity contribution in [3.8, 4) is 5.69 Å². The van der Waals surface area contributed by atoms with E-state index in [0.717, 1.165) is 19.3 Å². The van der Waals surface area contributed by atoms with Crippen molar-refractivity contribution in [3.63, 3.8) is 0 Å². The highest BCUT2D eigenvalue weighted by Gasteiger charge is 2.17. The normalized spacial score (nSPS) is 15.2. The molecule has 26 heavy (non-hydrogen) atoms. The second kappa shape index (κ2) is 8.94. The van der Waals surface area contributed by atoms with Crippen molar-refractivity contribution in [2.75, 3.05) is 13.2 Å². The highest BCUT2D eigenvalue weighted by molar-refractivity contribution is 5.95. The summed E-state index contributed by atoms with van der Waals surface area (Å²) < 4.78 is 21.2. The summed E-state index contributed by atoms with van der Waals surface area (Å²) in [7, 11) is 0. The molecule has 1 aliphatic carbocycles. The smallest absolute Gasteiger partial charge is 0.254 e. The maximum atomic E-state index is 13.9. The molecule has 6 heteroatoms. The fraction of sp³-hybridized carbons (Fsp3) is 0.500. The number of amides is 1. The Morgan fingerprint density at radius 1 is 1.31 bits per heavy atom. The van der Waals surface area contributed by atoms with Crippen LogP contribution in [-0.2, 0) is 4.74 Å². The summed E-state index contributed by atoms with van der Waals surface area (Å²) in [4.78, 5) is 12.4. The van der Waals surface area contributed by atoms with Crippen molar-refractivity contribution in [1.29, 1.82) is 0 Å². The molecule has 1 aliphatic rings. The number of para-hydroxylation sites is 1. The van der Waals surface area contributed by atoms with Gasteiger partial charge in [0.05, 0.1) is 23.6 Å². The van der Waals surface area contributed by atoms with Gasteiger partial charge in [0.15, 0.2) is 0 Å². The standard InChI is InChI=1S/C20H26FN3O2/c1-15-17(14-23-24(15)19-11-6-5-10-18(19)21)20(25)22-12-7-13-26-16-8-3-2-4-9-16/h5-6,10-11,14,16H,2-4,7-9,12-13H2,1H3,(H,22,25). The molecule has 3 rings (SSSR count). The lowest BCUT2D eigenvalue weighted by Crippen LogP contribution is -2.26. The highest BCUT2D eigenvalue weighted by atomic mass is 19.1. The predicted octanol–water partition coefficient (Wildman–Crippen LogP) is 3.79. The van der Waals surface area contributed by atoms with E-state index in [0.29, 0.717) is 36.2 Å². The Morgan fingerprint density at radius 3 is 2.85 bits per heavy atom. The lowest BCUT2D eigenvalue weighted by molar-refractivity contribution is 0.0273. The van der Waals surface area contributed by atoms with Crippen LogP contribution in [0.25, 0.3) is 5.69 Å². The predicted molar refractivity (Wildman–Crippen MR) is 98.0 cm³/mol. The molecule has 1 amide bonds. The molecular weight excluding hydrogens is 333 g/mol. The maximum Gasteiger partial charge on any atom is 0.254 e. The third kappa shape index (κ3) is 4.49. The second-order valence-electron chi connectivity index (χ2n) is 6.75. The quantitative estimate of drug-likeness (QED) is 0.765. The third-order valence-electron chi connectivity index (χ3n) is 4.85. The number of hydrogen-bond donors (Lipinski definition) is 1. The van der Waals surface area contributed by atoms with Crippen molar-refractivity contribution in [3.05, 3.63) is 47.5 Å². The minimum Gasteiger partial charge on any atom is -0.378 e. The van der Waals surface area contributed by atoms with Crippen LogP contribution in [0, 0.1) is 12.7 Å². The van der Waals surface area contributed by atoms with E-state index in [2.05, 4.69) is 10.4 Å². The van der Waals surface area contributed by atoms with E-state index in [9.17, 15) is 9.18 Å². The maximum absolute atomic E-state index is 13.9. The molecule has 140 valence electrons. The molecule has 0 aliphatic heterocycles. The zero-order chi connectivity index (χ0) is 18.4. The van der Waals surface area contributed by atoms with E-state index < -0.39 is 0 Å². The van der Waals surface area contributed by atoms with Gasteiger partial charge in [-0.1, -0.05) is 31.4 Å². The second-order valence-corrected chi connectivity index (χ2v) is 6.75. The molecule has 1 aromatic heterocycles. The zero-order valence-corrected chi connectivity index (χ0v) is 15.2. The Hall–Kier alpha value is -2.21. The van der Waals surface area contributed by atoms with Gasteiger partial charge in [0, 0.05) is 13.2 Å². The molecule has 0 radical (unpaired) electrons. The molecule has 0 unspecified atom stereocenters. The average molecular weight is 359 g/mol. The van der Waals surface area contributed by atoms with Gasteiger partial charge in [0.1, 0.15) is 11.5 Å². The Kier molecular flexibility index (Phi) is 6.39. The minimum absolute atomic E-state index is 0.192. The topological polar surface area (TPSA) is 56.1 Å². The van der Waals surface area contributed by atoms with Crippen molar-refractivity contribution in [1.82, 2.24) is 15.1 Å². The number of nitrogens with one attached hydrogen (secondary N) is 1. The van der Waals surface area contributed by atoms with Crippen molar-refractivity contribution in [2.24, 2.45) is 0 Å². The lowest BCUT2D eigenvalue weighted by atomic mass is 9.98. The van der Waals surface area contributed by atoms with Gasteiger partial charge in [0.25, 0.3) is 5.91 Å². The lowest BCUT2D eigenvalue weighted by Gasteiger charge is -2.21. The van der Waals surface area contributed by atoms with E-state index in [1.54, 1.807) is 25.1 Å². The fourth-order valence-electron chi connectivity index (χ4n) is 3.35. The summed E-state index contributed by atoms with van der Waals surface area (Å²) in [5.74, 6) is -0.562. The van der Waals surface area contributed by atoms with Crippen LogP contribution in [0.2, 0.25) is 0 Å². The summed E-state index contributed by atoms with van der Waals surface area (Å²) >= 11 is 0.